The molecule has 1 aliphatic rings. The van der Waals surface area contributed by atoms with Crippen molar-refractivity contribution in [3.8, 4) is 5.75 Å². The number of hydrogen-bond acceptors (Lipinski definition) is 5. The van der Waals surface area contributed by atoms with Crippen LogP contribution >= 0.6 is 0 Å². The number of barbiturate groups is 1. The number of carbonyl (C=O) groups excluding carboxylic acids is 3. The van der Waals surface area contributed by atoms with Crippen LogP contribution in [0.15, 0.2) is 71.0 Å². The fraction of sp³-hybridized carbons (Fsp3) is 0.174. The van der Waals surface area contributed by atoms with Gasteiger partial charge in [0.1, 0.15) is 23.7 Å². The summed E-state index contributed by atoms with van der Waals surface area (Å²) in [5.74, 6) is -1.18. The van der Waals surface area contributed by atoms with Gasteiger partial charge in [0.15, 0.2) is 0 Å². The van der Waals surface area contributed by atoms with E-state index >= 15 is 0 Å². The van der Waals surface area contributed by atoms with E-state index in [1.807, 2.05) is 0 Å². The van der Waals surface area contributed by atoms with E-state index in [0.29, 0.717) is 11.5 Å². The number of aromatic nitrogens is 1. The zero-order chi connectivity index (χ0) is 24.3. The molecule has 4 amide bonds. The smallest absolute Gasteiger partial charge is 0.416 e. The van der Waals surface area contributed by atoms with E-state index in [2.05, 4.69) is 5.32 Å². The van der Waals surface area contributed by atoms with Gasteiger partial charge in [0, 0.05) is 11.9 Å². The number of benzene rings is 1. The van der Waals surface area contributed by atoms with Crippen LogP contribution in [0.1, 0.15) is 17.0 Å². The third-order valence-corrected chi connectivity index (χ3v) is 5.00. The molecule has 2 aromatic heterocycles. The van der Waals surface area contributed by atoms with Crippen molar-refractivity contribution < 1.29 is 36.7 Å². The van der Waals surface area contributed by atoms with Crippen molar-refractivity contribution in [2.45, 2.75) is 19.3 Å². The molecule has 0 saturated carbocycles. The Morgan fingerprint density at radius 3 is 2.62 bits per heavy atom. The molecule has 176 valence electrons. The molecule has 0 aliphatic carbocycles. The van der Waals surface area contributed by atoms with Gasteiger partial charge >= 0.3 is 12.2 Å². The van der Waals surface area contributed by atoms with E-state index < -0.39 is 29.6 Å². The maximum absolute atomic E-state index is 12.9. The Morgan fingerprint density at radius 1 is 1.06 bits per heavy atom. The molecule has 8 nitrogen and oxygen atoms in total. The normalized spacial score (nSPS) is 15.7. The first-order chi connectivity index (χ1) is 16.2. The molecule has 1 N–H and O–H groups in total. The molecule has 1 saturated heterocycles. The lowest BCUT2D eigenvalue weighted by Gasteiger charge is -2.25. The van der Waals surface area contributed by atoms with Crippen LogP contribution in [0.2, 0.25) is 0 Å². The lowest BCUT2D eigenvalue weighted by molar-refractivity contribution is -0.137. The number of imide groups is 2. The van der Waals surface area contributed by atoms with Crippen LogP contribution in [0.25, 0.3) is 6.08 Å². The van der Waals surface area contributed by atoms with Gasteiger partial charge in [-0.15, -0.1) is 0 Å². The highest BCUT2D eigenvalue weighted by Gasteiger charge is 2.36. The number of rotatable bonds is 7. The highest BCUT2D eigenvalue weighted by molar-refractivity contribution is 6.30. The third-order valence-electron chi connectivity index (χ3n) is 5.00. The first-order valence-corrected chi connectivity index (χ1v) is 10.1. The fourth-order valence-corrected chi connectivity index (χ4v) is 3.33. The number of urea groups is 1. The molecule has 1 fully saturated rings. The molecule has 0 unspecified atom stereocenters. The number of nitrogens with one attached hydrogen (secondary N) is 1. The van der Waals surface area contributed by atoms with Crippen LogP contribution in [0.4, 0.5) is 18.0 Å². The lowest BCUT2D eigenvalue weighted by atomic mass is 10.1. The molecule has 1 aliphatic heterocycles. The predicted octanol–water partition coefficient (Wildman–Crippen LogP) is 3.84. The summed E-state index contributed by atoms with van der Waals surface area (Å²) in [7, 11) is 0. The first kappa shape index (κ1) is 22.9. The quantitative estimate of drug-likeness (QED) is 0.416. The number of amides is 4. The number of ether oxygens (including phenoxy) is 1. The summed E-state index contributed by atoms with van der Waals surface area (Å²) in [6.45, 7) is 0.122. The van der Waals surface area contributed by atoms with Gasteiger partial charge in [-0.1, -0.05) is 6.07 Å². The van der Waals surface area contributed by atoms with E-state index in [1.165, 1.54) is 24.5 Å². The van der Waals surface area contributed by atoms with Crippen molar-refractivity contribution in [2.24, 2.45) is 0 Å². The lowest BCUT2D eigenvalue weighted by Crippen LogP contribution is -2.53. The van der Waals surface area contributed by atoms with Crippen LogP contribution in [0, 0.1) is 0 Å². The highest BCUT2D eigenvalue weighted by atomic mass is 19.4. The van der Waals surface area contributed by atoms with E-state index in [-0.39, 0.29) is 31.0 Å². The van der Waals surface area contributed by atoms with Gasteiger partial charge < -0.3 is 13.7 Å². The molecule has 0 spiro atoms. The number of halogens is 3. The summed E-state index contributed by atoms with van der Waals surface area (Å²) >= 11 is 0. The molecule has 0 radical (unpaired) electrons. The second-order valence-electron chi connectivity index (χ2n) is 7.29. The number of hydrogen-bond donors (Lipinski definition) is 1. The van der Waals surface area contributed by atoms with Gasteiger partial charge in [-0.2, -0.15) is 13.2 Å². The summed E-state index contributed by atoms with van der Waals surface area (Å²) in [6, 6.07) is 10.2. The minimum atomic E-state index is -4.47. The number of furan rings is 1. The molecular weight excluding hydrogens is 455 g/mol. The number of nitrogens with zero attached hydrogens (tertiary/aromatic N) is 2. The predicted molar refractivity (Wildman–Crippen MR) is 112 cm³/mol. The molecule has 3 aromatic rings. The van der Waals surface area contributed by atoms with Crippen LogP contribution in [-0.4, -0.2) is 33.9 Å². The van der Waals surface area contributed by atoms with Gasteiger partial charge in [0.2, 0.25) is 0 Å². The molecule has 0 atom stereocenters. The zero-order valence-electron chi connectivity index (χ0n) is 17.5. The summed E-state index contributed by atoms with van der Waals surface area (Å²) in [6.07, 6.45) is -0.0707. The van der Waals surface area contributed by atoms with Gasteiger partial charge in [0.05, 0.1) is 24.9 Å². The summed E-state index contributed by atoms with van der Waals surface area (Å²) in [5.41, 5.74) is -0.588. The van der Waals surface area contributed by atoms with Crippen molar-refractivity contribution in [3.63, 3.8) is 0 Å². The average Bonchev–Trinajstić information content (AvgIpc) is 3.46. The number of alkyl halides is 3. The minimum Gasteiger partial charge on any atom is -0.492 e. The zero-order valence-corrected chi connectivity index (χ0v) is 17.5. The molecule has 1 aromatic carbocycles. The van der Waals surface area contributed by atoms with Gasteiger partial charge in [0.25, 0.3) is 11.8 Å². The largest absolute Gasteiger partial charge is 0.492 e. The first-order valence-electron chi connectivity index (χ1n) is 10.1. The monoisotopic (exact) mass is 473 g/mol. The number of carbonyl (C=O) groups is 3. The van der Waals surface area contributed by atoms with Crippen LogP contribution in [0.3, 0.4) is 0 Å². The average molecular weight is 473 g/mol. The van der Waals surface area contributed by atoms with E-state index in [4.69, 9.17) is 9.15 Å². The molecule has 3 heterocycles. The Balaban J connectivity index is 1.46. The maximum atomic E-state index is 12.9. The van der Waals surface area contributed by atoms with Crippen molar-refractivity contribution in [3.05, 3.63) is 83.6 Å². The molecular formula is C23H18F3N3O5. The van der Waals surface area contributed by atoms with Crippen LogP contribution in [0.5, 0.6) is 5.75 Å². The molecule has 4 rings (SSSR count). The van der Waals surface area contributed by atoms with E-state index in [1.54, 1.807) is 35.0 Å². The Labute approximate surface area is 191 Å². The van der Waals surface area contributed by atoms with Crippen molar-refractivity contribution in [1.29, 1.82) is 0 Å². The van der Waals surface area contributed by atoms with Crippen LogP contribution < -0.4 is 10.1 Å². The Morgan fingerprint density at radius 2 is 1.88 bits per heavy atom. The van der Waals surface area contributed by atoms with Crippen molar-refractivity contribution >= 4 is 23.9 Å². The summed E-state index contributed by atoms with van der Waals surface area (Å²) in [4.78, 5) is 38.1. The Kier molecular flexibility index (Phi) is 6.26. The minimum absolute atomic E-state index is 0.0371. The van der Waals surface area contributed by atoms with Crippen molar-refractivity contribution in [2.75, 3.05) is 6.61 Å². The third kappa shape index (κ3) is 5.03. The van der Waals surface area contributed by atoms with E-state index in [0.717, 1.165) is 17.0 Å². The molecule has 34 heavy (non-hydrogen) atoms. The van der Waals surface area contributed by atoms with Gasteiger partial charge in [-0.3, -0.25) is 19.8 Å². The molecule has 11 heteroatoms. The maximum Gasteiger partial charge on any atom is 0.416 e. The van der Waals surface area contributed by atoms with Crippen LogP contribution in [-0.2, 0) is 28.9 Å². The fourth-order valence-electron chi connectivity index (χ4n) is 3.33. The second-order valence-corrected chi connectivity index (χ2v) is 7.29. The molecule has 0 bridgehead atoms. The van der Waals surface area contributed by atoms with Gasteiger partial charge in [-0.25, -0.2) is 4.79 Å². The van der Waals surface area contributed by atoms with Gasteiger partial charge in [-0.05, 0) is 48.5 Å². The van der Waals surface area contributed by atoms with Crippen molar-refractivity contribution in [1.82, 2.24) is 14.8 Å². The standard InChI is InChI=1S/C23H18F3N3O5/c24-23(25,26)15-4-1-6-17(12-15)34-11-9-28-8-2-5-16(28)13-19-20(30)27-22(32)29(21(19)31)14-18-7-3-10-33-18/h1-8,10,12-13H,9,11,14H2,(H,27,30,32)/b19-13+. The second kappa shape index (κ2) is 9.30. The highest BCUT2D eigenvalue weighted by Crippen LogP contribution is 2.31. The van der Waals surface area contributed by atoms with E-state index in [9.17, 15) is 27.6 Å². The SMILES string of the molecule is O=C1NC(=O)N(Cc2ccco2)C(=O)/C1=C/c1cccn1CCOc1cccc(C(F)(F)F)c1. The Hall–Kier alpha value is -4.28. The summed E-state index contributed by atoms with van der Waals surface area (Å²) < 4.78 is 50.8. The Bertz CT molecular complexity index is 1240. The topological polar surface area (TPSA) is 93.8 Å². The summed E-state index contributed by atoms with van der Waals surface area (Å²) in [5, 5.41) is 2.13.